The van der Waals surface area contributed by atoms with Crippen LogP contribution in [0.25, 0.3) is 0 Å². The van der Waals surface area contributed by atoms with Crippen molar-refractivity contribution in [3.8, 4) is 0 Å². The van der Waals surface area contributed by atoms with Crippen LogP contribution in [-0.4, -0.2) is 45.6 Å². The predicted molar refractivity (Wildman–Crippen MR) is 120 cm³/mol. The number of nitrogens with zero attached hydrogens (tertiary/aromatic N) is 5. The number of rotatable bonds is 5. The number of ether oxygens (including phenoxy) is 2. The number of hydrazine groups is 1. The highest BCUT2D eigenvalue weighted by Crippen LogP contribution is 2.29. The molecule has 0 aromatic carbocycles. The molecule has 1 amide bonds. The number of carbonyl (C=O) groups is 2. The zero-order valence-corrected chi connectivity index (χ0v) is 19.6. The van der Waals surface area contributed by atoms with Gasteiger partial charge in [0.05, 0.1) is 18.5 Å². The third-order valence-corrected chi connectivity index (χ3v) is 4.97. The highest BCUT2D eigenvalue weighted by molar-refractivity contribution is 5.89. The second-order valence-corrected chi connectivity index (χ2v) is 8.93. The van der Waals surface area contributed by atoms with Crippen molar-refractivity contribution in [2.24, 2.45) is 5.84 Å². The lowest BCUT2D eigenvalue weighted by atomic mass is 10.0. The average molecular weight is 445 g/mol. The molecule has 0 saturated heterocycles. The van der Waals surface area contributed by atoms with Gasteiger partial charge in [-0.05, 0) is 53.7 Å². The molecule has 1 aliphatic heterocycles. The summed E-state index contributed by atoms with van der Waals surface area (Å²) >= 11 is 0. The summed E-state index contributed by atoms with van der Waals surface area (Å²) in [6.07, 6.45) is 1.60. The molecule has 10 heteroatoms. The Morgan fingerprint density at radius 1 is 1.28 bits per heavy atom. The number of anilines is 2. The van der Waals surface area contributed by atoms with Crippen molar-refractivity contribution in [1.82, 2.24) is 14.8 Å². The van der Waals surface area contributed by atoms with Crippen molar-refractivity contribution in [2.75, 3.05) is 23.1 Å². The lowest BCUT2D eigenvalue weighted by Gasteiger charge is -2.29. The van der Waals surface area contributed by atoms with E-state index in [1.54, 1.807) is 39.8 Å². The summed E-state index contributed by atoms with van der Waals surface area (Å²) in [5.74, 6) is 6.19. The quantitative estimate of drug-likeness (QED) is 0.323. The molecule has 0 saturated carbocycles. The molecule has 0 radical (unpaired) electrons. The van der Waals surface area contributed by atoms with Crippen molar-refractivity contribution in [1.29, 1.82) is 0 Å². The number of esters is 1. The standard InChI is InChI=1S/C22H32N6O4/c1-7-31-20(29)19-16-13-26(11-10-17(16)28(25-19)14(2)3)18-9-8-15(12-24-18)27(23)21(30)32-22(4,5)6/h8-9,12,14H,7,10-11,13,23H2,1-6H3. The van der Waals surface area contributed by atoms with Gasteiger partial charge in [-0.1, -0.05) is 0 Å². The Labute approximate surface area is 188 Å². The first-order chi connectivity index (χ1) is 15.0. The molecule has 1 aliphatic rings. The Morgan fingerprint density at radius 2 is 2.00 bits per heavy atom. The van der Waals surface area contributed by atoms with Crippen molar-refractivity contribution in [3.05, 3.63) is 35.3 Å². The van der Waals surface area contributed by atoms with E-state index >= 15 is 0 Å². The van der Waals surface area contributed by atoms with Gasteiger partial charge in [0, 0.05) is 36.8 Å². The Morgan fingerprint density at radius 3 is 2.56 bits per heavy atom. The van der Waals surface area contributed by atoms with Crippen LogP contribution >= 0.6 is 0 Å². The number of amides is 1. The van der Waals surface area contributed by atoms with Gasteiger partial charge >= 0.3 is 12.1 Å². The van der Waals surface area contributed by atoms with E-state index in [0.717, 1.165) is 29.2 Å². The lowest BCUT2D eigenvalue weighted by Crippen LogP contribution is -2.41. The van der Waals surface area contributed by atoms with Crippen LogP contribution in [0.5, 0.6) is 0 Å². The summed E-state index contributed by atoms with van der Waals surface area (Å²) in [5.41, 5.74) is 2.04. The Hall–Kier alpha value is -3.14. The minimum Gasteiger partial charge on any atom is -0.461 e. The summed E-state index contributed by atoms with van der Waals surface area (Å²) in [4.78, 5) is 31.2. The Balaban J connectivity index is 1.81. The van der Waals surface area contributed by atoms with Gasteiger partial charge in [-0.25, -0.2) is 25.4 Å². The third kappa shape index (κ3) is 5.01. The summed E-state index contributed by atoms with van der Waals surface area (Å²) in [6.45, 7) is 12.7. The van der Waals surface area contributed by atoms with Crippen LogP contribution in [0.2, 0.25) is 0 Å². The molecule has 32 heavy (non-hydrogen) atoms. The number of nitrogens with two attached hydrogens (primary N) is 1. The van der Waals surface area contributed by atoms with Crippen molar-refractivity contribution in [2.45, 2.75) is 66.2 Å². The lowest BCUT2D eigenvalue weighted by molar-refractivity contribution is 0.0515. The van der Waals surface area contributed by atoms with Crippen LogP contribution in [0.15, 0.2) is 18.3 Å². The van der Waals surface area contributed by atoms with Crippen LogP contribution in [0.1, 0.15) is 69.3 Å². The first-order valence-corrected chi connectivity index (χ1v) is 10.8. The van der Waals surface area contributed by atoms with Crippen molar-refractivity contribution >= 4 is 23.6 Å². The monoisotopic (exact) mass is 444 g/mol. The van der Waals surface area contributed by atoms with Crippen LogP contribution in [0.3, 0.4) is 0 Å². The van der Waals surface area contributed by atoms with E-state index in [0.29, 0.717) is 30.4 Å². The fourth-order valence-corrected chi connectivity index (χ4v) is 3.56. The molecular formula is C22H32N6O4. The van der Waals surface area contributed by atoms with Crippen LogP contribution in [-0.2, 0) is 22.4 Å². The third-order valence-electron chi connectivity index (χ3n) is 4.97. The maximum Gasteiger partial charge on any atom is 0.429 e. The smallest absolute Gasteiger partial charge is 0.429 e. The zero-order valence-electron chi connectivity index (χ0n) is 19.6. The number of pyridine rings is 1. The molecule has 2 aromatic rings. The minimum absolute atomic E-state index is 0.138. The van der Waals surface area contributed by atoms with Crippen LogP contribution in [0.4, 0.5) is 16.3 Å². The number of carbonyl (C=O) groups excluding carboxylic acids is 2. The molecule has 0 unspecified atom stereocenters. The molecule has 2 N–H and O–H groups in total. The van der Waals surface area contributed by atoms with Gasteiger partial charge in [-0.15, -0.1) is 0 Å². The predicted octanol–water partition coefficient (Wildman–Crippen LogP) is 3.21. The number of hydrogen-bond donors (Lipinski definition) is 1. The van der Waals surface area contributed by atoms with Crippen LogP contribution < -0.4 is 15.8 Å². The highest BCUT2D eigenvalue weighted by Gasteiger charge is 2.30. The number of fused-ring (bicyclic) bond motifs is 1. The molecule has 0 bridgehead atoms. The molecule has 3 rings (SSSR count). The van der Waals surface area contributed by atoms with Gasteiger partial charge in [0.25, 0.3) is 0 Å². The van der Waals surface area contributed by atoms with Gasteiger partial charge in [0.1, 0.15) is 11.4 Å². The normalized spacial score (nSPS) is 13.7. The van der Waals surface area contributed by atoms with Gasteiger partial charge in [0.15, 0.2) is 5.69 Å². The van der Waals surface area contributed by atoms with Crippen molar-refractivity contribution < 1.29 is 19.1 Å². The van der Waals surface area contributed by atoms with E-state index in [4.69, 9.17) is 15.3 Å². The SMILES string of the molecule is CCOC(=O)c1nn(C(C)C)c2c1CN(c1ccc(N(N)C(=O)OC(C)(C)C)cn1)CC2. The van der Waals surface area contributed by atoms with Gasteiger partial charge in [-0.3, -0.25) is 4.68 Å². The number of aromatic nitrogens is 3. The summed E-state index contributed by atoms with van der Waals surface area (Å²) in [7, 11) is 0. The number of hydrogen-bond acceptors (Lipinski definition) is 8. The maximum absolute atomic E-state index is 12.5. The molecule has 0 atom stereocenters. The van der Waals surface area contributed by atoms with E-state index in [1.807, 2.05) is 18.5 Å². The van der Waals surface area contributed by atoms with Gasteiger partial charge < -0.3 is 14.4 Å². The fraction of sp³-hybridized carbons (Fsp3) is 0.545. The van der Waals surface area contributed by atoms with E-state index < -0.39 is 17.7 Å². The fourth-order valence-electron chi connectivity index (χ4n) is 3.56. The molecular weight excluding hydrogens is 412 g/mol. The molecule has 10 nitrogen and oxygen atoms in total. The first-order valence-electron chi connectivity index (χ1n) is 10.8. The largest absolute Gasteiger partial charge is 0.461 e. The van der Waals surface area contributed by atoms with Crippen molar-refractivity contribution in [3.63, 3.8) is 0 Å². The van der Waals surface area contributed by atoms with E-state index in [1.165, 1.54) is 6.20 Å². The second-order valence-electron chi connectivity index (χ2n) is 8.93. The van der Waals surface area contributed by atoms with E-state index in [-0.39, 0.29) is 6.04 Å². The van der Waals surface area contributed by atoms with E-state index in [9.17, 15) is 9.59 Å². The minimum atomic E-state index is -0.658. The van der Waals surface area contributed by atoms with Crippen LogP contribution in [0, 0.1) is 0 Å². The maximum atomic E-state index is 12.5. The highest BCUT2D eigenvalue weighted by atomic mass is 16.6. The molecule has 0 spiro atoms. The molecule has 3 heterocycles. The first kappa shape index (κ1) is 23.5. The van der Waals surface area contributed by atoms with Gasteiger partial charge in [0.2, 0.25) is 0 Å². The topological polar surface area (TPSA) is 116 Å². The molecule has 174 valence electrons. The average Bonchev–Trinajstić information content (AvgIpc) is 3.11. The van der Waals surface area contributed by atoms with Gasteiger partial charge in [-0.2, -0.15) is 5.10 Å². The summed E-state index contributed by atoms with van der Waals surface area (Å²) in [6, 6.07) is 3.65. The zero-order chi connectivity index (χ0) is 23.6. The molecule has 2 aromatic heterocycles. The Bertz CT molecular complexity index is 978. The molecule has 0 fully saturated rings. The summed E-state index contributed by atoms with van der Waals surface area (Å²) < 4.78 is 12.4. The Kier molecular flexibility index (Phi) is 6.73. The molecule has 0 aliphatic carbocycles. The van der Waals surface area contributed by atoms with E-state index in [2.05, 4.69) is 15.0 Å². The second kappa shape index (κ2) is 9.15. The summed E-state index contributed by atoms with van der Waals surface area (Å²) in [5, 5.41) is 5.48.